The second-order valence-corrected chi connectivity index (χ2v) is 7.76. The molecule has 0 aliphatic heterocycles. The van der Waals surface area contributed by atoms with Gasteiger partial charge in [0.05, 0.1) is 19.1 Å². The molecule has 2 N–H and O–H groups in total. The molecule has 1 aliphatic rings. The van der Waals surface area contributed by atoms with Gasteiger partial charge in [-0.25, -0.2) is 4.39 Å². The highest BCUT2D eigenvalue weighted by atomic mass is 19.4. The molecule has 0 saturated carbocycles. The van der Waals surface area contributed by atoms with Crippen molar-refractivity contribution in [3.8, 4) is 11.1 Å². The van der Waals surface area contributed by atoms with E-state index in [2.05, 4.69) is 29.0 Å². The highest BCUT2D eigenvalue weighted by Crippen LogP contribution is 2.34. The number of rotatable bonds is 4. The molecule has 7 heteroatoms. The summed E-state index contributed by atoms with van der Waals surface area (Å²) in [4.78, 5) is 11.3. The summed E-state index contributed by atoms with van der Waals surface area (Å²) < 4.78 is 57.1. The third-order valence-corrected chi connectivity index (χ3v) is 5.56. The van der Waals surface area contributed by atoms with Crippen LogP contribution in [0.5, 0.6) is 0 Å². The summed E-state index contributed by atoms with van der Waals surface area (Å²) in [5.41, 5.74) is 8.81. The van der Waals surface area contributed by atoms with E-state index in [9.17, 15) is 22.4 Å². The number of hydrogen-bond acceptors (Lipinski definition) is 3. The van der Waals surface area contributed by atoms with Crippen LogP contribution in [-0.4, -0.2) is 13.1 Å². The zero-order chi connectivity index (χ0) is 24.0. The van der Waals surface area contributed by atoms with Crippen molar-refractivity contribution in [2.24, 2.45) is 5.73 Å². The number of halogens is 4. The van der Waals surface area contributed by atoms with E-state index in [-0.39, 0.29) is 29.7 Å². The van der Waals surface area contributed by atoms with Crippen molar-refractivity contribution >= 4 is 5.97 Å². The van der Waals surface area contributed by atoms with E-state index < -0.39 is 23.5 Å². The van der Waals surface area contributed by atoms with Crippen LogP contribution in [0.2, 0.25) is 0 Å². The van der Waals surface area contributed by atoms with Gasteiger partial charge in [0.25, 0.3) is 0 Å². The Morgan fingerprint density at radius 2 is 1.64 bits per heavy atom. The van der Waals surface area contributed by atoms with Crippen LogP contribution in [0.15, 0.2) is 60.7 Å². The number of ether oxygens (including phenoxy) is 1. The van der Waals surface area contributed by atoms with E-state index in [1.54, 1.807) is 11.1 Å². The molecular weight excluding hydrogens is 434 g/mol. The van der Waals surface area contributed by atoms with E-state index in [0.717, 1.165) is 18.2 Å². The topological polar surface area (TPSA) is 52.3 Å². The molecule has 174 valence electrons. The van der Waals surface area contributed by atoms with Gasteiger partial charge in [-0.2, -0.15) is 13.2 Å². The number of aryl methyl sites for hydroxylation is 2. The molecule has 0 heterocycles. The predicted molar refractivity (Wildman–Crippen MR) is 119 cm³/mol. The van der Waals surface area contributed by atoms with E-state index in [4.69, 9.17) is 5.73 Å². The standard InChI is InChI=1S/C17H15F4NO2.C9H10/c1-24-16(23)7-10-2-5-15(18)14(6-10)13-4-3-12(17(19,20)21)8-11(13)9-22;1-2-5-9-7-3-6-8(9)4-1/h2-6,8H,7,9,22H2,1H3;1-2,4-5H,3,6-7H2. The van der Waals surface area contributed by atoms with Gasteiger partial charge in [0.1, 0.15) is 5.82 Å². The zero-order valence-corrected chi connectivity index (χ0v) is 18.2. The van der Waals surface area contributed by atoms with Gasteiger partial charge in [0.15, 0.2) is 0 Å². The number of carbonyl (C=O) groups excluding carboxylic acids is 1. The summed E-state index contributed by atoms with van der Waals surface area (Å²) in [5, 5.41) is 0. The number of esters is 1. The number of nitrogens with two attached hydrogens (primary N) is 1. The molecule has 3 aromatic rings. The predicted octanol–water partition coefficient (Wildman–Crippen LogP) is 5.86. The Balaban J connectivity index is 0.000000280. The Labute approximate surface area is 190 Å². The molecular formula is C26H25F4NO2. The second kappa shape index (κ2) is 10.6. The number of fused-ring (bicyclic) bond motifs is 1. The van der Waals surface area contributed by atoms with Gasteiger partial charge in [-0.1, -0.05) is 36.4 Å². The highest BCUT2D eigenvalue weighted by Gasteiger charge is 2.31. The fraction of sp³-hybridized carbons (Fsp3) is 0.269. The Hall–Kier alpha value is -3.19. The first kappa shape index (κ1) is 24.5. The summed E-state index contributed by atoms with van der Waals surface area (Å²) in [6.07, 6.45) is -0.609. The minimum absolute atomic E-state index is 0.0671. The molecule has 0 fully saturated rings. The minimum Gasteiger partial charge on any atom is -0.469 e. The van der Waals surface area contributed by atoms with Gasteiger partial charge >= 0.3 is 12.1 Å². The molecule has 3 aromatic carbocycles. The van der Waals surface area contributed by atoms with E-state index in [1.807, 2.05) is 0 Å². The third-order valence-electron chi connectivity index (χ3n) is 5.56. The van der Waals surface area contributed by atoms with Gasteiger partial charge < -0.3 is 10.5 Å². The normalized spacial score (nSPS) is 12.5. The second-order valence-electron chi connectivity index (χ2n) is 7.76. The number of methoxy groups -OCH3 is 1. The van der Waals surface area contributed by atoms with Crippen molar-refractivity contribution in [2.75, 3.05) is 7.11 Å². The van der Waals surface area contributed by atoms with Crippen molar-refractivity contribution in [1.29, 1.82) is 0 Å². The number of hydrogen-bond donors (Lipinski definition) is 1. The van der Waals surface area contributed by atoms with Crippen LogP contribution in [0.4, 0.5) is 17.6 Å². The minimum atomic E-state index is -4.51. The number of alkyl halides is 3. The lowest BCUT2D eigenvalue weighted by molar-refractivity contribution is -0.140. The summed E-state index contributed by atoms with van der Waals surface area (Å²) in [7, 11) is 1.23. The van der Waals surface area contributed by atoms with E-state index in [0.29, 0.717) is 5.56 Å². The van der Waals surface area contributed by atoms with Crippen LogP contribution < -0.4 is 5.73 Å². The maximum Gasteiger partial charge on any atom is 0.416 e. The molecule has 3 nitrogen and oxygen atoms in total. The van der Waals surface area contributed by atoms with E-state index in [1.165, 1.54) is 44.6 Å². The van der Waals surface area contributed by atoms with Gasteiger partial charge in [0.2, 0.25) is 0 Å². The fourth-order valence-electron chi connectivity index (χ4n) is 3.84. The van der Waals surface area contributed by atoms with Gasteiger partial charge in [-0.05, 0) is 71.3 Å². The Kier molecular flexibility index (Phi) is 7.87. The molecule has 0 radical (unpaired) electrons. The SMILES string of the molecule is COC(=O)Cc1ccc(F)c(-c2ccc(C(F)(F)F)cc2CN)c1.c1ccc2c(c1)CCC2. The highest BCUT2D eigenvalue weighted by molar-refractivity contribution is 5.75. The third kappa shape index (κ3) is 6.20. The van der Waals surface area contributed by atoms with Crippen molar-refractivity contribution in [3.63, 3.8) is 0 Å². The van der Waals surface area contributed by atoms with Crippen LogP contribution in [0.3, 0.4) is 0 Å². The molecule has 1 aliphatic carbocycles. The first-order valence-corrected chi connectivity index (χ1v) is 10.6. The summed E-state index contributed by atoms with van der Waals surface area (Å²) >= 11 is 0. The van der Waals surface area contributed by atoms with Crippen LogP contribution in [-0.2, 0) is 41.5 Å². The summed E-state index contributed by atoms with van der Waals surface area (Å²) in [6.45, 7) is -0.181. The maximum absolute atomic E-state index is 14.1. The number of benzene rings is 3. The molecule has 0 unspecified atom stereocenters. The average molecular weight is 459 g/mol. The molecule has 0 amide bonds. The molecule has 33 heavy (non-hydrogen) atoms. The lowest BCUT2D eigenvalue weighted by Gasteiger charge is -2.14. The molecule has 4 rings (SSSR count). The van der Waals surface area contributed by atoms with Crippen molar-refractivity contribution in [1.82, 2.24) is 0 Å². The molecule has 0 saturated heterocycles. The Morgan fingerprint density at radius 1 is 0.970 bits per heavy atom. The monoisotopic (exact) mass is 459 g/mol. The molecule has 0 aromatic heterocycles. The lowest BCUT2D eigenvalue weighted by Crippen LogP contribution is -2.09. The van der Waals surface area contributed by atoms with Crippen molar-refractivity contribution in [3.05, 3.63) is 94.3 Å². The van der Waals surface area contributed by atoms with Gasteiger partial charge in [-0.3, -0.25) is 4.79 Å². The largest absolute Gasteiger partial charge is 0.469 e. The van der Waals surface area contributed by atoms with E-state index >= 15 is 0 Å². The Morgan fingerprint density at radius 3 is 2.21 bits per heavy atom. The van der Waals surface area contributed by atoms with Crippen LogP contribution in [0, 0.1) is 5.82 Å². The van der Waals surface area contributed by atoms with Crippen molar-refractivity contribution < 1.29 is 27.1 Å². The molecule has 0 bridgehead atoms. The quantitative estimate of drug-likeness (QED) is 0.393. The van der Waals surface area contributed by atoms with Crippen molar-refractivity contribution in [2.45, 2.75) is 38.4 Å². The maximum atomic E-state index is 14.1. The van der Waals surface area contributed by atoms with Crippen LogP contribution in [0.25, 0.3) is 11.1 Å². The first-order valence-electron chi connectivity index (χ1n) is 10.6. The number of carbonyl (C=O) groups is 1. The summed E-state index contributed by atoms with van der Waals surface area (Å²) in [6, 6.07) is 15.7. The zero-order valence-electron chi connectivity index (χ0n) is 18.2. The van der Waals surface area contributed by atoms with Crippen LogP contribution >= 0.6 is 0 Å². The lowest BCUT2D eigenvalue weighted by atomic mass is 9.95. The first-order chi connectivity index (χ1) is 15.7. The Bertz CT molecular complexity index is 1100. The van der Waals surface area contributed by atoms with Gasteiger partial charge in [0, 0.05) is 12.1 Å². The van der Waals surface area contributed by atoms with Crippen LogP contribution in [0.1, 0.15) is 34.2 Å². The van der Waals surface area contributed by atoms with Gasteiger partial charge in [-0.15, -0.1) is 0 Å². The smallest absolute Gasteiger partial charge is 0.416 e. The summed E-state index contributed by atoms with van der Waals surface area (Å²) in [5.74, 6) is -1.11. The molecule has 0 spiro atoms. The average Bonchev–Trinajstić information content (AvgIpc) is 3.28. The fourth-order valence-corrected chi connectivity index (χ4v) is 3.84. The molecule has 0 atom stereocenters.